The summed E-state index contributed by atoms with van der Waals surface area (Å²) in [6.07, 6.45) is 3.81. The van der Waals surface area contributed by atoms with Crippen molar-refractivity contribution in [2.24, 2.45) is 0 Å². The van der Waals surface area contributed by atoms with Crippen LogP contribution in [0.4, 0.5) is 0 Å². The first kappa shape index (κ1) is 13.3. The molecule has 0 aliphatic heterocycles. The molecule has 2 aromatic rings. The molecule has 1 heterocycles. The molecule has 0 saturated heterocycles. The minimum Gasteiger partial charge on any atom is -0.283 e. The molecule has 0 aliphatic carbocycles. The summed E-state index contributed by atoms with van der Waals surface area (Å²) >= 11 is 3.02. The standard InChI is InChI=1S/C12H14N2O2S2/c1-17-7-13-10-6-4-3-5-9(10)11(15)14(8-18-2)12(13)16/h3-6H,7-8H2,1-2H3. The van der Waals surface area contributed by atoms with Crippen LogP contribution in [0.15, 0.2) is 33.9 Å². The van der Waals surface area contributed by atoms with Crippen molar-refractivity contribution in [1.82, 2.24) is 9.13 Å². The highest BCUT2D eigenvalue weighted by Gasteiger charge is 2.11. The summed E-state index contributed by atoms with van der Waals surface area (Å²) in [6.45, 7) is 0. The zero-order chi connectivity index (χ0) is 13.1. The van der Waals surface area contributed by atoms with Gasteiger partial charge in [-0.05, 0) is 24.6 Å². The van der Waals surface area contributed by atoms with Gasteiger partial charge in [0.05, 0.1) is 22.7 Å². The summed E-state index contributed by atoms with van der Waals surface area (Å²) in [5.41, 5.74) is 0.268. The lowest BCUT2D eigenvalue weighted by Crippen LogP contribution is -2.39. The van der Waals surface area contributed by atoms with Gasteiger partial charge < -0.3 is 0 Å². The molecule has 0 unspecified atom stereocenters. The number of para-hydroxylation sites is 1. The molecule has 0 amide bonds. The number of nitrogens with zero attached hydrogens (tertiary/aromatic N) is 2. The summed E-state index contributed by atoms with van der Waals surface area (Å²) in [4.78, 5) is 24.5. The second kappa shape index (κ2) is 5.67. The van der Waals surface area contributed by atoms with Gasteiger partial charge in [-0.3, -0.25) is 9.36 Å². The molecule has 0 N–H and O–H groups in total. The van der Waals surface area contributed by atoms with Gasteiger partial charge in [-0.2, -0.15) is 0 Å². The molecule has 2 rings (SSSR count). The van der Waals surface area contributed by atoms with Crippen molar-refractivity contribution in [3.8, 4) is 0 Å². The quantitative estimate of drug-likeness (QED) is 0.858. The Hall–Kier alpha value is -1.14. The number of thioether (sulfide) groups is 2. The molecule has 1 aromatic heterocycles. The number of benzene rings is 1. The lowest BCUT2D eigenvalue weighted by atomic mass is 10.2. The van der Waals surface area contributed by atoms with Crippen LogP contribution >= 0.6 is 23.5 Å². The van der Waals surface area contributed by atoms with Gasteiger partial charge >= 0.3 is 5.69 Å². The highest BCUT2D eigenvalue weighted by molar-refractivity contribution is 7.97. The molecule has 0 bridgehead atoms. The van der Waals surface area contributed by atoms with Gasteiger partial charge in [0.1, 0.15) is 0 Å². The highest BCUT2D eigenvalue weighted by Crippen LogP contribution is 2.10. The van der Waals surface area contributed by atoms with E-state index < -0.39 is 0 Å². The smallest absolute Gasteiger partial charge is 0.283 e. The van der Waals surface area contributed by atoms with E-state index in [1.54, 1.807) is 22.4 Å². The third kappa shape index (κ3) is 2.22. The van der Waals surface area contributed by atoms with Gasteiger partial charge in [0.25, 0.3) is 5.56 Å². The minimum atomic E-state index is -0.234. The normalized spacial score (nSPS) is 11.0. The Kier molecular flexibility index (Phi) is 4.19. The Morgan fingerprint density at radius 1 is 1.00 bits per heavy atom. The van der Waals surface area contributed by atoms with Crippen molar-refractivity contribution in [3.05, 3.63) is 45.1 Å². The first-order valence-corrected chi connectivity index (χ1v) is 8.19. The maximum absolute atomic E-state index is 12.3. The topological polar surface area (TPSA) is 44.0 Å². The van der Waals surface area contributed by atoms with E-state index in [0.29, 0.717) is 22.7 Å². The SMILES string of the molecule is CSCn1c(=O)c2ccccc2n(CSC)c1=O. The van der Waals surface area contributed by atoms with E-state index in [0.717, 1.165) is 0 Å². The number of fused-ring (bicyclic) bond motifs is 1. The molecule has 4 nitrogen and oxygen atoms in total. The Morgan fingerprint density at radius 3 is 2.28 bits per heavy atom. The van der Waals surface area contributed by atoms with Gasteiger partial charge in [0.15, 0.2) is 0 Å². The number of rotatable bonds is 4. The Labute approximate surface area is 113 Å². The van der Waals surface area contributed by atoms with Crippen molar-refractivity contribution >= 4 is 34.4 Å². The van der Waals surface area contributed by atoms with Crippen molar-refractivity contribution < 1.29 is 0 Å². The highest BCUT2D eigenvalue weighted by atomic mass is 32.2. The second-order valence-corrected chi connectivity index (χ2v) is 5.47. The summed E-state index contributed by atoms with van der Waals surface area (Å²) in [5.74, 6) is 0.935. The van der Waals surface area contributed by atoms with Crippen LogP contribution in [-0.2, 0) is 11.8 Å². The molecular formula is C12H14N2O2S2. The van der Waals surface area contributed by atoms with Crippen LogP contribution in [0.2, 0.25) is 0 Å². The molecular weight excluding hydrogens is 268 g/mol. The Bertz CT molecular complexity index is 676. The molecule has 18 heavy (non-hydrogen) atoms. The largest absolute Gasteiger partial charge is 0.332 e. The number of hydrogen-bond donors (Lipinski definition) is 0. The van der Waals surface area contributed by atoms with Crippen LogP contribution in [-0.4, -0.2) is 21.6 Å². The van der Waals surface area contributed by atoms with Crippen LogP contribution in [0.3, 0.4) is 0 Å². The number of hydrogen-bond acceptors (Lipinski definition) is 4. The lowest BCUT2D eigenvalue weighted by Gasteiger charge is -2.12. The van der Waals surface area contributed by atoms with Gasteiger partial charge in [-0.25, -0.2) is 9.36 Å². The fourth-order valence-corrected chi connectivity index (χ4v) is 2.86. The molecule has 0 atom stereocenters. The molecule has 96 valence electrons. The zero-order valence-electron chi connectivity index (χ0n) is 10.3. The van der Waals surface area contributed by atoms with Gasteiger partial charge in [0.2, 0.25) is 0 Å². The maximum atomic E-state index is 12.3. The molecule has 0 radical (unpaired) electrons. The van der Waals surface area contributed by atoms with E-state index in [-0.39, 0.29) is 11.2 Å². The van der Waals surface area contributed by atoms with E-state index in [2.05, 4.69) is 0 Å². The Balaban J connectivity index is 2.87. The van der Waals surface area contributed by atoms with Crippen LogP contribution in [0.5, 0.6) is 0 Å². The molecule has 0 saturated carbocycles. The maximum Gasteiger partial charge on any atom is 0.332 e. The monoisotopic (exact) mass is 282 g/mol. The van der Waals surface area contributed by atoms with Gasteiger partial charge in [-0.15, -0.1) is 23.5 Å². The predicted molar refractivity (Wildman–Crippen MR) is 79.5 cm³/mol. The number of aromatic nitrogens is 2. The fourth-order valence-electron chi connectivity index (χ4n) is 1.87. The van der Waals surface area contributed by atoms with Gasteiger partial charge in [0, 0.05) is 0 Å². The molecule has 0 fully saturated rings. The summed E-state index contributed by atoms with van der Waals surface area (Å²) < 4.78 is 2.95. The van der Waals surface area contributed by atoms with Crippen LogP contribution in [0, 0.1) is 0 Å². The lowest BCUT2D eigenvalue weighted by molar-refractivity contribution is 0.698. The Morgan fingerprint density at radius 2 is 1.61 bits per heavy atom. The predicted octanol–water partition coefficient (Wildman–Crippen LogP) is 1.80. The average molecular weight is 282 g/mol. The summed E-state index contributed by atoms with van der Waals surface area (Å²) in [6, 6.07) is 7.25. The van der Waals surface area contributed by atoms with Gasteiger partial charge in [-0.1, -0.05) is 12.1 Å². The van der Waals surface area contributed by atoms with E-state index in [9.17, 15) is 9.59 Å². The first-order valence-electron chi connectivity index (χ1n) is 5.41. The van der Waals surface area contributed by atoms with E-state index in [1.165, 1.54) is 16.3 Å². The van der Waals surface area contributed by atoms with Crippen LogP contribution < -0.4 is 11.2 Å². The molecule has 0 spiro atoms. The van der Waals surface area contributed by atoms with Crippen LogP contribution in [0.1, 0.15) is 0 Å². The molecule has 6 heteroatoms. The van der Waals surface area contributed by atoms with Crippen molar-refractivity contribution in [2.75, 3.05) is 12.5 Å². The minimum absolute atomic E-state index is 0.206. The van der Waals surface area contributed by atoms with Crippen molar-refractivity contribution in [2.45, 2.75) is 11.8 Å². The summed E-state index contributed by atoms with van der Waals surface area (Å²) in [5, 5.41) is 0.597. The van der Waals surface area contributed by atoms with E-state index >= 15 is 0 Å². The fraction of sp³-hybridized carbons (Fsp3) is 0.333. The average Bonchev–Trinajstić information content (AvgIpc) is 2.39. The van der Waals surface area contributed by atoms with E-state index in [4.69, 9.17) is 0 Å². The van der Waals surface area contributed by atoms with Crippen LogP contribution in [0.25, 0.3) is 10.9 Å². The van der Waals surface area contributed by atoms with E-state index in [1.807, 2.05) is 30.7 Å². The third-order valence-electron chi connectivity index (χ3n) is 2.65. The van der Waals surface area contributed by atoms with Crippen molar-refractivity contribution in [1.29, 1.82) is 0 Å². The third-order valence-corrected chi connectivity index (χ3v) is 3.68. The summed E-state index contributed by atoms with van der Waals surface area (Å²) in [7, 11) is 0. The molecule has 1 aromatic carbocycles. The zero-order valence-corrected chi connectivity index (χ0v) is 11.9. The second-order valence-electron chi connectivity index (χ2n) is 3.80. The van der Waals surface area contributed by atoms with Crippen molar-refractivity contribution in [3.63, 3.8) is 0 Å². The molecule has 0 aliphatic rings. The first-order chi connectivity index (χ1) is 8.70.